The number of nitrogens with one attached hydrogen (secondary N) is 1. The fourth-order valence-electron chi connectivity index (χ4n) is 3.49. The van der Waals surface area contributed by atoms with Gasteiger partial charge in [-0.1, -0.05) is 12.1 Å². The Kier molecular flexibility index (Phi) is 4.38. The number of benzene rings is 1. The van der Waals surface area contributed by atoms with Crippen molar-refractivity contribution < 1.29 is 13.5 Å². The van der Waals surface area contributed by atoms with E-state index < -0.39 is 11.6 Å². The maximum Gasteiger partial charge on any atom is 0.162 e. The molecule has 0 aromatic heterocycles. The van der Waals surface area contributed by atoms with E-state index in [9.17, 15) is 8.78 Å². The lowest BCUT2D eigenvalue weighted by atomic mass is 9.79. The van der Waals surface area contributed by atoms with E-state index in [0.717, 1.165) is 12.5 Å². The Morgan fingerprint density at radius 3 is 2.52 bits per heavy atom. The van der Waals surface area contributed by atoms with Crippen LogP contribution < -0.4 is 11.3 Å². The molecule has 0 aliphatic carbocycles. The zero-order chi connectivity index (χ0) is 15.8. The second-order valence-electron chi connectivity index (χ2n) is 6.97. The molecule has 1 aromatic rings. The van der Waals surface area contributed by atoms with Gasteiger partial charge in [-0.3, -0.25) is 11.3 Å². The molecule has 3 N–H and O–H groups in total. The highest BCUT2D eigenvalue weighted by Gasteiger charge is 2.48. The first-order chi connectivity index (χ1) is 9.66. The van der Waals surface area contributed by atoms with E-state index in [1.54, 1.807) is 6.07 Å². The van der Waals surface area contributed by atoms with Gasteiger partial charge in [-0.2, -0.15) is 0 Å². The molecular weight excluding hydrogens is 274 g/mol. The fourth-order valence-corrected chi connectivity index (χ4v) is 3.49. The standard InChI is InChI=1S/C16H24F2N2O/c1-15(2)9-11(16(3,4)21-15)13(20-19)8-10-6-5-7-12(17)14(10)18/h5-7,11,13,20H,8-9,19H2,1-4H3. The average molecular weight is 298 g/mol. The number of rotatable bonds is 4. The van der Waals surface area contributed by atoms with Gasteiger partial charge in [-0.15, -0.1) is 0 Å². The van der Waals surface area contributed by atoms with E-state index in [2.05, 4.69) is 5.43 Å². The first-order valence-electron chi connectivity index (χ1n) is 7.25. The van der Waals surface area contributed by atoms with Crippen LogP contribution in [0, 0.1) is 17.6 Å². The normalized spacial score (nSPS) is 25.0. The topological polar surface area (TPSA) is 47.3 Å². The Labute approximate surface area is 124 Å². The Morgan fingerprint density at radius 1 is 1.33 bits per heavy atom. The van der Waals surface area contributed by atoms with Gasteiger partial charge in [0.05, 0.1) is 11.2 Å². The average Bonchev–Trinajstić information content (AvgIpc) is 2.59. The van der Waals surface area contributed by atoms with Crippen LogP contribution in [0.1, 0.15) is 39.7 Å². The van der Waals surface area contributed by atoms with Crippen LogP contribution in [0.25, 0.3) is 0 Å². The molecule has 118 valence electrons. The summed E-state index contributed by atoms with van der Waals surface area (Å²) in [5, 5.41) is 0. The second-order valence-corrected chi connectivity index (χ2v) is 6.97. The second kappa shape index (κ2) is 5.63. The maximum atomic E-state index is 13.9. The van der Waals surface area contributed by atoms with Crippen LogP contribution in [0.5, 0.6) is 0 Å². The Morgan fingerprint density at radius 2 is 2.00 bits per heavy atom. The highest BCUT2D eigenvalue weighted by atomic mass is 19.2. The number of hydrogen-bond acceptors (Lipinski definition) is 3. The first-order valence-corrected chi connectivity index (χ1v) is 7.25. The summed E-state index contributed by atoms with van der Waals surface area (Å²) in [6, 6.07) is 4.05. The zero-order valence-electron chi connectivity index (χ0n) is 13.0. The lowest BCUT2D eigenvalue weighted by Crippen LogP contribution is -2.48. The molecule has 21 heavy (non-hydrogen) atoms. The molecule has 1 aliphatic rings. The third-order valence-electron chi connectivity index (χ3n) is 4.31. The van der Waals surface area contributed by atoms with E-state index in [1.807, 2.05) is 27.7 Å². The van der Waals surface area contributed by atoms with Gasteiger partial charge in [0.2, 0.25) is 0 Å². The van der Waals surface area contributed by atoms with E-state index in [-0.39, 0.29) is 23.2 Å². The molecule has 3 nitrogen and oxygen atoms in total. The van der Waals surface area contributed by atoms with Gasteiger partial charge in [0.15, 0.2) is 11.6 Å². The molecule has 1 aromatic carbocycles. The molecule has 0 bridgehead atoms. The molecule has 1 aliphatic heterocycles. The SMILES string of the molecule is CC1(C)CC(C(Cc2cccc(F)c2F)NN)C(C)(C)O1. The maximum absolute atomic E-state index is 13.9. The Hall–Kier alpha value is -1.04. The number of ether oxygens (including phenoxy) is 1. The van der Waals surface area contributed by atoms with E-state index in [4.69, 9.17) is 10.6 Å². The lowest BCUT2D eigenvalue weighted by Gasteiger charge is -2.32. The van der Waals surface area contributed by atoms with Crippen LogP contribution >= 0.6 is 0 Å². The largest absolute Gasteiger partial charge is 0.369 e. The van der Waals surface area contributed by atoms with Crippen molar-refractivity contribution in [3.63, 3.8) is 0 Å². The van der Waals surface area contributed by atoms with Crippen molar-refractivity contribution in [2.45, 2.75) is 57.8 Å². The molecule has 5 heteroatoms. The molecule has 2 unspecified atom stereocenters. The summed E-state index contributed by atoms with van der Waals surface area (Å²) in [6.07, 6.45) is 1.14. The van der Waals surface area contributed by atoms with Crippen molar-refractivity contribution in [2.24, 2.45) is 11.8 Å². The third-order valence-corrected chi connectivity index (χ3v) is 4.31. The van der Waals surface area contributed by atoms with Crippen LogP contribution in [-0.4, -0.2) is 17.2 Å². The highest BCUT2D eigenvalue weighted by Crippen LogP contribution is 2.44. The Bertz CT molecular complexity index is 517. The molecule has 0 saturated carbocycles. The van der Waals surface area contributed by atoms with Crippen LogP contribution in [0.2, 0.25) is 0 Å². The van der Waals surface area contributed by atoms with Gasteiger partial charge in [0, 0.05) is 12.0 Å². The summed E-state index contributed by atoms with van der Waals surface area (Å²) in [6.45, 7) is 8.09. The van der Waals surface area contributed by atoms with Crippen LogP contribution in [0.15, 0.2) is 18.2 Å². The van der Waals surface area contributed by atoms with Crippen LogP contribution in [-0.2, 0) is 11.2 Å². The first kappa shape index (κ1) is 16.3. The predicted molar refractivity (Wildman–Crippen MR) is 78.5 cm³/mol. The minimum Gasteiger partial charge on any atom is -0.369 e. The van der Waals surface area contributed by atoms with Gasteiger partial charge in [0.25, 0.3) is 0 Å². The summed E-state index contributed by atoms with van der Waals surface area (Å²) < 4.78 is 33.2. The quantitative estimate of drug-likeness (QED) is 0.663. The molecule has 1 saturated heterocycles. The summed E-state index contributed by atoms with van der Waals surface area (Å²) >= 11 is 0. The fraction of sp³-hybridized carbons (Fsp3) is 0.625. The number of hydrogen-bond donors (Lipinski definition) is 2. The van der Waals surface area contributed by atoms with Crippen molar-refractivity contribution in [1.82, 2.24) is 5.43 Å². The Balaban J connectivity index is 2.23. The molecule has 0 spiro atoms. The monoisotopic (exact) mass is 298 g/mol. The van der Waals surface area contributed by atoms with Gasteiger partial charge in [0.1, 0.15) is 0 Å². The molecule has 0 amide bonds. The summed E-state index contributed by atoms with van der Waals surface area (Å²) in [5.41, 5.74) is 2.48. The molecule has 2 rings (SSSR count). The number of halogens is 2. The van der Waals surface area contributed by atoms with Crippen molar-refractivity contribution in [3.05, 3.63) is 35.4 Å². The third kappa shape index (κ3) is 3.42. The van der Waals surface area contributed by atoms with E-state index >= 15 is 0 Å². The molecule has 0 radical (unpaired) electrons. The smallest absolute Gasteiger partial charge is 0.162 e. The molecule has 1 heterocycles. The predicted octanol–water partition coefficient (Wildman–Crippen LogP) is 2.93. The summed E-state index contributed by atoms with van der Waals surface area (Å²) in [4.78, 5) is 0. The summed E-state index contributed by atoms with van der Waals surface area (Å²) in [5.74, 6) is 4.16. The van der Waals surface area contributed by atoms with Crippen molar-refractivity contribution in [1.29, 1.82) is 0 Å². The minimum absolute atomic E-state index is 0.111. The van der Waals surface area contributed by atoms with E-state index in [1.165, 1.54) is 6.07 Å². The van der Waals surface area contributed by atoms with Gasteiger partial charge in [-0.05, 0) is 52.2 Å². The van der Waals surface area contributed by atoms with Gasteiger partial charge in [-0.25, -0.2) is 8.78 Å². The lowest BCUT2D eigenvalue weighted by molar-refractivity contribution is -0.0776. The van der Waals surface area contributed by atoms with Gasteiger partial charge < -0.3 is 4.74 Å². The van der Waals surface area contributed by atoms with Crippen molar-refractivity contribution >= 4 is 0 Å². The highest BCUT2D eigenvalue weighted by molar-refractivity contribution is 5.20. The van der Waals surface area contributed by atoms with Crippen LogP contribution in [0.4, 0.5) is 8.78 Å². The molecule has 2 atom stereocenters. The molecule has 1 fully saturated rings. The van der Waals surface area contributed by atoms with E-state index in [0.29, 0.717) is 12.0 Å². The number of hydrazine groups is 1. The zero-order valence-corrected chi connectivity index (χ0v) is 13.0. The summed E-state index contributed by atoms with van der Waals surface area (Å²) in [7, 11) is 0. The number of nitrogens with two attached hydrogens (primary N) is 1. The van der Waals surface area contributed by atoms with Crippen molar-refractivity contribution in [3.8, 4) is 0 Å². The molecular formula is C16H24F2N2O. The van der Waals surface area contributed by atoms with Crippen LogP contribution in [0.3, 0.4) is 0 Å². The minimum atomic E-state index is -0.828. The van der Waals surface area contributed by atoms with Crippen molar-refractivity contribution in [2.75, 3.05) is 0 Å². The van der Waals surface area contributed by atoms with Gasteiger partial charge >= 0.3 is 0 Å².